The Kier molecular flexibility index (Phi) is 30.8. The Morgan fingerprint density at radius 3 is 1.38 bits per heavy atom. The normalized spacial score (nSPS) is 15.8. The average molecular weight is 873 g/mol. The van der Waals surface area contributed by atoms with Crippen molar-refractivity contribution < 1.29 is 28.1 Å². The van der Waals surface area contributed by atoms with Gasteiger partial charge >= 0.3 is 0 Å². The zero-order valence-electron chi connectivity index (χ0n) is 38.7. The van der Waals surface area contributed by atoms with Gasteiger partial charge in [-0.05, 0) is 117 Å². The lowest BCUT2D eigenvalue weighted by Gasteiger charge is -2.46. The van der Waals surface area contributed by atoms with Crippen molar-refractivity contribution in [3.8, 4) is 0 Å². The number of nitrogens with zero attached hydrogens (tertiary/aromatic N) is 4. The molecule has 3 N–H and O–H groups in total. The fourth-order valence-corrected chi connectivity index (χ4v) is 12.6. The SMILES string of the molecule is CC(CN)C(=O)SCOCCOP(N(C(C)C)C(C)C)N(C(C)C)C(C)CNC(C)C(C)C(=O)SCOCCCOP(N(C(C)C)C(C)C)N(C(C)C)C(C)C. The lowest BCUT2D eigenvalue weighted by atomic mass is 10.1. The van der Waals surface area contributed by atoms with Crippen molar-refractivity contribution in [2.24, 2.45) is 17.6 Å². The molecule has 0 saturated heterocycles. The highest BCUT2D eigenvalue weighted by atomic mass is 32.2. The van der Waals surface area contributed by atoms with Gasteiger partial charge in [-0.25, -0.2) is 18.7 Å². The number of carbonyl (C=O) groups is 2. The number of carbonyl (C=O) groups excluding carboxylic acids is 2. The van der Waals surface area contributed by atoms with Gasteiger partial charge in [0.2, 0.25) is 0 Å². The van der Waals surface area contributed by atoms with Gasteiger partial charge in [-0.1, -0.05) is 37.4 Å². The number of thioether (sulfide) groups is 2. The van der Waals surface area contributed by atoms with Crippen LogP contribution in [0, 0.1) is 11.8 Å². The van der Waals surface area contributed by atoms with Gasteiger partial charge in [0.25, 0.3) is 0 Å². The number of nitrogens with one attached hydrogen (secondary N) is 1. The van der Waals surface area contributed by atoms with Crippen LogP contribution in [0.5, 0.6) is 0 Å². The number of hydrogen-bond acceptors (Lipinski definition) is 14. The van der Waals surface area contributed by atoms with E-state index in [9.17, 15) is 9.59 Å². The molecule has 16 heteroatoms. The average Bonchev–Trinajstić information content (AvgIpc) is 3.09. The summed E-state index contributed by atoms with van der Waals surface area (Å²) < 4.78 is 34.9. The number of hydrogen-bond donors (Lipinski definition) is 2. The van der Waals surface area contributed by atoms with Gasteiger partial charge in [-0.3, -0.25) is 9.59 Å². The predicted octanol–water partition coefficient (Wildman–Crippen LogP) is 9.00. The third kappa shape index (κ3) is 20.8. The fraction of sp³-hybridized carbons (Fsp3) is 0.950. The molecule has 0 fully saturated rings. The van der Waals surface area contributed by atoms with E-state index >= 15 is 0 Å². The maximum absolute atomic E-state index is 13.2. The molecule has 334 valence electrons. The summed E-state index contributed by atoms with van der Waals surface area (Å²) in [6.07, 6.45) is 0.776. The zero-order chi connectivity index (χ0) is 43.3. The van der Waals surface area contributed by atoms with Crippen molar-refractivity contribution in [2.45, 2.75) is 185 Å². The van der Waals surface area contributed by atoms with E-state index in [4.69, 9.17) is 24.3 Å². The standard InChI is InChI=1S/C40H86N6O6P2S2/c1-28(2)43(29(3)4)53(44(30(5)6)31(7)8)51-21-19-20-49-26-56-40(48)37(17)38(18)42-25-36(16)46(34(13)14)54(45(32(9)10)33(11)12)52-23-22-50-27-55-39(47)35(15)24-41/h28-38,42H,19-27,41H2,1-18H3. The molecule has 0 amide bonds. The first kappa shape index (κ1) is 56.5. The number of ether oxygens (including phenoxy) is 2. The van der Waals surface area contributed by atoms with Gasteiger partial charge in [0.1, 0.15) is 0 Å². The van der Waals surface area contributed by atoms with E-state index in [1.54, 1.807) is 0 Å². The van der Waals surface area contributed by atoms with E-state index in [2.05, 4.69) is 135 Å². The first-order valence-corrected chi connectivity index (χ1v) is 25.3. The van der Waals surface area contributed by atoms with Crippen molar-refractivity contribution in [2.75, 3.05) is 51.4 Å². The minimum absolute atomic E-state index is 0.0112. The summed E-state index contributed by atoms with van der Waals surface area (Å²) in [6.45, 7) is 42.4. The van der Waals surface area contributed by atoms with Gasteiger partial charge in [0.15, 0.2) is 27.1 Å². The van der Waals surface area contributed by atoms with Crippen molar-refractivity contribution in [1.82, 2.24) is 24.0 Å². The molecule has 0 radical (unpaired) electrons. The minimum atomic E-state index is -1.13. The Labute approximate surface area is 355 Å². The smallest absolute Gasteiger partial charge is 0.195 e. The van der Waals surface area contributed by atoms with Gasteiger partial charge < -0.3 is 29.6 Å². The highest BCUT2D eigenvalue weighted by Crippen LogP contribution is 2.51. The first-order valence-electron chi connectivity index (χ1n) is 21.0. The third-order valence-electron chi connectivity index (χ3n) is 9.20. The summed E-state index contributed by atoms with van der Waals surface area (Å²) in [4.78, 5) is 25.3. The highest BCUT2D eigenvalue weighted by Gasteiger charge is 2.37. The summed E-state index contributed by atoms with van der Waals surface area (Å²) in [5.74, 6) is 0.269. The molecular weight excluding hydrogens is 787 g/mol. The summed E-state index contributed by atoms with van der Waals surface area (Å²) in [6, 6.07) is 2.39. The Balaban J connectivity index is 5.19. The molecule has 12 nitrogen and oxygen atoms in total. The molecule has 5 atom stereocenters. The van der Waals surface area contributed by atoms with Crippen LogP contribution in [0.4, 0.5) is 0 Å². The monoisotopic (exact) mass is 873 g/mol. The molecule has 0 aliphatic heterocycles. The third-order valence-corrected chi connectivity index (χ3v) is 17.1. The second-order valence-corrected chi connectivity index (χ2v) is 21.9. The maximum Gasteiger partial charge on any atom is 0.195 e. The molecule has 0 saturated carbocycles. The fourth-order valence-electron chi connectivity index (χ4n) is 6.36. The van der Waals surface area contributed by atoms with Gasteiger partial charge in [-0.15, -0.1) is 0 Å². The van der Waals surface area contributed by atoms with Crippen molar-refractivity contribution in [3.63, 3.8) is 0 Å². The van der Waals surface area contributed by atoms with Gasteiger partial charge in [-0.2, -0.15) is 0 Å². The minimum Gasteiger partial charge on any atom is -0.370 e. The number of nitrogens with two attached hydrogens (primary N) is 1. The Morgan fingerprint density at radius 1 is 0.554 bits per heavy atom. The molecule has 0 aliphatic rings. The molecule has 0 spiro atoms. The summed E-state index contributed by atoms with van der Waals surface area (Å²) in [5.41, 5.74) is 5.62. The molecular formula is C40H86N6O6P2S2. The van der Waals surface area contributed by atoms with E-state index in [-0.39, 0.29) is 58.2 Å². The number of rotatable bonds is 32. The molecule has 0 aliphatic carbocycles. The molecule has 0 aromatic rings. The first-order chi connectivity index (χ1) is 26.1. The Morgan fingerprint density at radius 2 is 0.946 bits per heavy atom. The Bertz CT molecular complexity index is 1010. The van der Waals surface area contributed by atoms with E-state index in [0.717, 1.165) is 6.42 Å². The predicted molar refractivity (Wildman–Crippen MR) is 245 cm³/mol. The second kappa shape index (κ2) is 30.5. The summed E-state index contributed by atoms with van der Waals surface area (Å²) in [7, 11) is -2.05. The van der Waals surface area contributed by atoms with E-state index in [0.29, 0.717) is 69.6 Å². The van der Waals surface area contributed by atoms with Crippen LogP contribution in [0.1, 0.15) is 131 Å². The molecule has 0 rings (SSSR count). The summed E-state index contributed by atoms with van der Waals surface area (Å²) in [5, 5.41) is 3.84. The van der Waals surface area contributed by atoms with E-state index in [1.807, 2.05) is 13.8 Å². The topological polar surface area (TPSA) is 122 Å². The van der Waals surface area contributed by atoms with Gasteiger partial charge in [0.05, 0.1) is 31.7 Å². The molecule has 56 heavy (non-hydrogen) atoms. The lowest BCUT2D eigenvalue weighted by Crippen LogP contribution is -2.49. The molecule has 0 aromatic heterocycles. The van der Waals surface area contributed by atoms with Crippen molar-refractivity contribution in [1.29, 1.82) is 0 Å². The van der Waals surface area contributed by atoms with E-state index < -0.39 is 16.9 Å². The highest BCUT2D eigenvalue weighted by molar-refractivity contribution is 8.13. The van der Waals surface area contributed by atoms with Crippen molar-refractivity contribution in [3.05, 3.63) is 0 Å². The second-order valence-electron chi connectivity index (χ2n) is 16.7. The molecule has 0 heterocycles. The maximum atomic E-state index is 13.2. The lowest BCUT2D eigenvalue weighted by molar-refractivity contribution is -0.115. The van der Waals surface area contributed by atoms with Crippen LogP contribution in [-0.2, 0) is 28.1 Å². The van der Waals surface area contributed by atoms with Crippen LogP contribution >= 0.6 is 40.4 Å². The van der Waals surface area contributed by atoms with Crippen LogP contribution in [0.25, 0.3) is 0 Å². The van der Waals surface area contributed by atoms with E-state index in [1.165, 1.54) is 23.5 Å². The largest absolute Gasteiger partial charge is 0.370 e. The quantitative estimate of drug-likeness (QED) is 0.0380. The van der Waals surface area contributed by atoms with Crippen LogP contribution in [0.2, 0.25) is 0 Å². The zero-order valence-corrected chi connectivity index (χ0v) is 42.2. The molecule has 0 bridgehead atoms. The Hall–Kier alpha value is 0.500. The molecule has 5 unspecified atom stereocenters. The van der Waals surface area contributed by atoms with Crippen LogP contribution < -0.4 is 11.1 Å². The van der Waals surface area contributed by atoms with Crippen LogP contribution in [-0.4, -0.2) is 135 Å². The van der Waals surface area contributed by atoms with Crippen LogP contribution in [0.3, 0.4) is 0 Å². The summed E-state index contributed by atoms with van der Waals surface area (Å²) >= 11 is 2.42. The molecule has 0 aromatic carbocycles. The van der Waals surface area contributed by atoms with Crippen LogP contribution in [0.15, 0.2) is 0 Å². The van der Waals surface area contributed by atoms with Gasteiger partial charge in [0, 0.05) is 85.9 Å². The van der Waals surface area contributed by atoms with Crippen molar-refractivity contribution >= 4 is 50.7 Å².